The van der Waals surface area contributed by atoms with Crippen LogP contribution in [0.4, 0.5) is 10.1 Å². The molecule has 0 saturated carbocycles. The van der Waals surface area contributed by atoms with Gasteiger partial charge in [-0.25, -0.2) is 4.39 Å². The molecule has 0 unspecified atom stereocenters. The Balaban J connectivity index is 1.89. The molecule has 0 N–H and O–H groups in total. The van der Waals surface area contributed by atoms with Crippen LogP contribution in [0.3, 0.4) is 0 Å². The molecule has 2 aromatic rings. The van der Waals surface area contributed by atoms with Gasteiger partial charge in [0.2, 0.25) is 5.91 Å². The molecule has 0 atom stereocenters. The molecule has 0 bridgehead atoms. The van der Waals surface area contributed by atoms with E-state index in [1.165, 1.54) is 11.0 Å². The molecule has 0 radical (unpaired) electrons. The molecule has 0 aliphatic carbocycles. The third-order valence-electron chi connectivity index (χ3n) is 4.27. The summed E-state index contributed by atoms with van der Waals surface area (Å²) in [6.45, 7) is 0.706. The van der Waals surface area contributed by atoms with Crippen LogP contribution in [0, 0.1) is 5.82 Å². The maximum absolute atomic E-state index is 13.8. The van der Waals surface area contributed by atoms with Crippen molar-refractivity contribution in [1.29, 1.82) is 0 Å². The van der Waals surface area contributed by atoms with Crippen LogP contribution < -0.4 is 4.90 Å². The van der Waals surface area contributed by atoms with Crippen molar-refractivity contribution in [2.75, 3.05) is 18.5 Å². The molecule has 1 fully saturated rings. The summed E-state index contributed by atoms with van der Waals surface area (Å²) in [5.74, 6) is -0.657. The van der Waals surface area contributed by atoms with Gasteiger partial charge in [0.15, 0.2) is 0 Å². The third-order valence-corrected chi connectivity index (χ3v) is 4.50. The minimum Gasteiger partial charge on any atom is -0.337 e. The lowest BCUT2D eigenvalue weighted by molar-refractivity contribution is -0.117. The average molecular weight is 361 g/mol. The minimum atomic E-state index is -0.354. The number of carbonyl (C=O) groups is 2. The lowest BCUT2D eigenvalue weighted by atomic mass is 10.1. The third kappa shape index (κ3) is 3.66. The van der Waals surface area contributed by atoms with E-state index in [1.807, 2.05) is 0 Å². The molecule has 1 saturated heterocycles. The summed E-state index contributed by atoms with van der Waals surface area (Å²) in [5.41, 5.74) is 1.34. The van der Waals surface area contributed by atoms with E-state index in [1.54, 1.807) is 48.3 Å². The molecule has 0 aromatic heterocycles. The van der Waals surface area contributed by atoms with Crippen LogP contribution in [0.1, 0.15) is 28.8 Å². The minimum absolute atomic E-state index is 0.0203. The number of hydrogen-bond acceptors (Lipinski definition) is 2. The molecule has 4 nitrogen and oxygen atoms in total. The van der Waals surface area contributed by atoms with Crippen LogP contribution >= 0.6 is 11.6 Å². The van der Waals surface area contributed by atoms with Gasteiger partial charge in [0.05, 0.1) is 11.3 Å². The van der Waals surface area contributed by atoms with Crippen molar-refractivity contribution in [3.8, 4) is 0 Å². The van der Waals surface area contributed by atoms with Gasteiger partial charge >= 0.3 is 0 Å². The number of amides is 2. The summed E-state index contributed by atoms with van der Waals surface area (Å²) >= 11 is 6.07. The summed E-state index contributed by atoms with van der Waals surface area (Å²) in [7, 11) is 1.61. The zero-order valence-corrected chi connectivity index (χ0v) is 14.6. The molecule has 130 valence electrons. The smallest absolute Gasteiger partial charge is 0.256 e. The first kappa shape index (κ1) is 17.4. The van der Waals surface area contributed by atoms with Crippen LogP contribution in [-0.4, -0.2) is 30.3 Å². The first-order chi connectivity index (χ1) is 12.0. The van der Waals surface area contributed by atoms with Gasteiger partial charge in [-0.3, -0.25) is 9.59 Å². The molecule has 2 amide bonds. The van der Waals surface area contributed by atoms with Gasteiger partial charge in [-0.2, -0.15) is 0 Å². The quantitative estimate of drug-likeness (QED) is 0.830. The lowest BCUT2D eigenvalue weighted by Crippen LogP contribution is -2.31. The van der Waals surface area contributed by atoms with E-state index in [-0.39, 0.29) is 24.2 Å². The lowest BCUT2D eigenvalue weighted by Gasteiger charge is -2.23. The molecule has 1 heterocycles. The average Bonchev–Trinajstić information content (AvgIpc) is 3.02. The van der Waals surface area contributed by atoms with Crippen LogP contribution in [0.5, 0.6) is 0 Å². The second-order valence-electron chi connectivity index (χ2n) is 6.06. The van der Waals surface area contributed by atoms with E-state index < -0.39 is 0 Å². The molecule has 1 aliphatic heterocycles. The van der Waals surface area contributed by atoms with Crippen molar-refractivity contribution in [2.45, 2.75) is 19.4 Å². The Morgan fingerprint density at radius 1 is 1.28 bits per heavy atom. The summed E-state index contributed by atoms with van der Waals surface area (Å²) in [4.78, 5) is 28.0. The Morgan fingerprint density at radius 2 is 2.04 bits per heavy atom. The van der Waals surface area contributed by atoms with Gasteiger partial charge in [-0.05, 0) is 30.7 Å². The molecule has 2 aromatic carbocycles. The molecular formula is C19H18ClFN2O2. The Hall–Kier alpha value is -2.40. The highest BCUT2D eigenvalue weighted by Crippen LogP contribution is 2.29. The highest BCUT2D eigenvalue weighted by Gasteiger charge is 2.27. The van der Waals surface area contributed by atoms with Crippen molar-refractivity contribution >= 4 is 29.1 Å². The SMILES string of the molecule is CN(Cc1ccccc1F)C(=O)c1ccc(Cl)cc1N1CCCC1=O. The van der Waals surface area contributed by atoms with Crippen molar-refractivity contribution in [1.82, 2.24) is 4.90 Å². The van der Waals surface area contributed by atoms with E-state index in [2.05, 4.69) is 0 Å². The maximum atomic E-state index is 13.8. The van der Waals surface area contributed by atoms with Gasteiger partial charge in [-0.15, -0.1) is 0 Å². The van der Waals surface area contributed by atoms with Crippen LogP contribution in [-0.2, 0) is 11.3 Å². The Labute approximate surface area is 150 Å². The zero-order valence-electron chi connectivity index (χ0n) is 13.8. The summed E-state index contributed by atoms with van der Waals surface area (Å²) in [6, 6.07) is 11.2. The van der Waals surface area contributed by atoms with Gasteiger partial charge in [-0.1, -0.05) is 29.8 Å². The number of rotatable bonds is 4. The number of halogens is 2. The summed E-state index contributed by atoms with van der Waals surface area (Å²) in [6.07, 6.45) is 1.22. The Bertz CT molecular complexity index is 825. The van der Waals surface area contributed by atoms with Crippen LogP contribution in [0.2, 0.25) is 5.02 Å². The normalized spacial score (nSPS) is 14.0. The van der Waals surface area contributed by atoms with Gasteiger partial charge < -0.3 is 9.80 Å². The van der Waals surface area contributed by atoms with E-state index in [0.717, 1.165) is 6.42 Å². The molecule has 0 spiro atoms. The zero-order chi connectivity index (χ0) is 18.0. The number of hydrogen-bond donors (Lipinski definition) is 0. The highest BCUT2D eigenvalue weighted by molar-refractivity contribution is 6.31. The molecule has 1 aliphatic rings. The Morgan fingerprint density at radius 3 is 2.72 bits per heavy atom. The topological polar surface area (TPSA) is 40.6 Å². The van der Waals surface area contributed by atoms with E-state index >= 15 is 0 Å². The predicted octanol–water partition coefficient (Wildman–Crippen LogP) is 3.88. The van der Waals surface area contributed by atoms with E-state index in [9.17, 15) is 14.0 Å². The number of carbonyl (C=O) groups excluding carboxylic acids is 2. The largest absolute Gasteiger partial charge is 0.337 e. The fourth-order valence-electron chi connectivity index (χ4n) is 2.97. The van der Waals surface area contributed by atoms with Crippen LogP contribution in [0.25, 0.3) is 0 Å². The van der Waals surface area contributed by atoms with Gasteiger partial charge in [0.25, 0.3) is 5.91 Å². The monoisotopic (exact) mass is 360 g/mol. The predicted molar refractivity (Wildman–Crippen MR) is 95.2 cm³/mol. The second-order valence-corrected chi connectivity index (χ2v) is 6.50. The molecule has 25 heavy (non-hydrogen) atoms. The molecule has 3 rings (SSSR count). The fraction of sp³-hybridized carbons (Fsp3) is 0.263. The highest BCUT2D eigenvalue weighted by atomic mass is 35.5. The summed E-state index contributed by atoms with van der Waals surface area (Å²) < 4.78 is 13.8. The maximum Gasteiger partial charge on any atom is 0.256 e. The van der Waals surface area contributed by atoms with Gasteiger partial charge in [0, 0.05) is 37.1 Å². The first-order valence-electron chi connectivity index (χ1n) is 8.06. The van der Waals surface area contributed by atoms with Crippen molar-refractivity contribution in [3.63, 3.8) is 0 Å². The van der Waals surface area contributed by atoms with Crippen molar-refractivity contribution < 1.29 is 14.0 Å². The number of benzene rings is 2. The summed E-state index contributed by atoms with van der Waals surface area (Å²) in [5, 5.41) is 0.461. The number of nitrogens with zero attached hydrogens (tertiary/aromatic N) is 2. The molecule has 6 heteroatoms. The standard InChI is InChI=1S/C19H18ClFN2O2/c1-22(12-13-5-2-3-6-16(13)21)19(25)15-9-8-14(20)11-17(15)23-10-4-7-18(23)24/h2-3,5-6,8-9,11H,4,7,10,12H2,1H3. The van der Waals surface area contributed by atoms with Crippen molar-refractivity contribution in [2.24, 2.45) is 0 Å². The van der Waals surface area contributed by atoms with Gasteiger partial charge in [0.1, 0.15) is 5.82 Å². The fourth-order valence-corrected chi connectivity index (χ4v) is 3.14. The Kier molecular flexibility index (Phi) is 5.04. The molecular weight excluding hydrogens is 343 g/mol. The number of anilines is 1. The van der Waals surface area contributed by atoms with E-state index in [4.69, 9.17) is 11.6 Å². The second kappa shape index (κ2) is 7.23. The van der Waals surface area contributed by atoms with Crippen molar-refractivity contribution in [3.05, 3.63) is 64.4 Å². The van der Waals surface area contributed by atoms with E-state index in [0.29, 0.717) is 34.8 Å². The van der Waals surface area contributed by atoms with Crippen LogP contribution in [0.15, 0.2) is 42.5 Å². The first-order valence-corrected chi connectivity index (χ1v) is 8.44.